The number of thiophene rings is 1. The average molecular weight is 271 g/mol. The molecule has 0 unspecified atom stereocenters. The van der Waals surface area contributed by atoms with E-state index < -0.39 is 0 Å². The van der Waals surface area contributed by atoms with Crippen molar-refractivity contribution < 1.29 is 4.79 Å². The summed E-state index contributed by atoms with van der Waals surface area (Å²) in [7, 11) is 0. The first kappa shape index (κ1) is 11.8. The summed E-state index contributed by atoms with van der Waals surface area (Å²) in [5.41, 5.74) is 7.91. The van der Waals surface area contributed by atoms with Crippen LogP contribution in [0.1, 0.15) is 15.2 Å². The molecule has 0 fully saturated rings. The van der Waals surface area contributed by atoms with Gasteiger partial charge in [0.1, 0.15) is 0 Å². The highest BCUT2D eigenvalue weighted by molar-refractivity contribution is 7.09. The van der Waals surface area contributed by atoms with Gasteiger partial charge in [0.15, 0.2) is 0 Å². The minimum atomic E-state index is -0.0792. The monoisotopic (exact) mass is 271 g/mol. The largest absolute Gasteiger partial charge is 0.399 e. The Kier molecular flexibility index (Phi) is 2.97. The fourth-order valence-electron chi connectivity index (χ4n) is 2.01. The first-order valence-corrected chi connectivity index (χ1v) is 6.79. The summed E-state index contributed by atoms with van der Waals surface area (Å²) in [5.74, 6) is -0.0792. The molecule has 4 N–H and O–H groups in total. The number of nitrogens with one attached hydrogen (secondary N) is 2. The number of nitrogens with two attached hydrogens (primary N) is 1. The number of benzene rings is 1. The number of nitrogen functional groups attached to an aromatic ring is 1. The number of fused-ring (bicyclic) bond motifs is 1. The molecule has 1 aromatic carbocycles. The zero-order chi connectivity index (χ0) is 13.2. The molecule has 0 aliphatic rings. The van der Waals surface area contributed by atoms with E-state index in [1.165, 1.54) is 0 Å². The summed E-state index contributed by atoms with van der Waals surface area (Å²) in [6.45, 7) is 0.554. The van der Waals surface area contributed by atoms with Crippen LogP contribution >= 0.6 is 11.3 Å². The Hall–Kier alpha value is -2.27. The summed E-state index contributed by atoms with van der Waals surface area (Å²) in [4.78, 5) is 16.3. The molecule has 0 bridgehead atoms. The molecular weight excluding hydrogens is 258 g/mol. The second kappa shape index (κ2) is 4.78. The van der Waals surface area contributed by atoms with Crippen LogP contribution in [0.5, 0.6) is 0 Å². The van der Waals surface area contributed by atoms with Crippen molar-refractivity contribution in [2.75, 3.05) is 5.73 Å². The third-order valence-corrected chi connectivity index (χ3v) is 3.83. The van der Waals surface area contributed by atoms with Gasteiger partial charge in [-0.15, -0.1) is 11.3 Å². The number of carbonyl (C=O) groups excluding carboxylic acids is 1. The molecule has 2 aromatic heterocycles. The van der Waals surface area contributed by atoms with Crippen LogP contribution in [0.15, 0.2) is 41.9 Å². The second-order valence-corrected chi connectivity index (χ2v) is 5.30. The van der Waals surface area contributed by atoms with Crippen molar-refractivity contribution in [1.82, 2.24) is 10.3 Å². The first-order chi connectivity index (χ1) is 9.24. The highest BCUT2D eigenvalue weighted by Gasteiger charge is 2.11. The van der Waals surface area contributed by atoms with Gasteiger partial charge in [-0.3, -0.25) is 4.79 Å². The zero-order valence-corrected chi connectivity index (χ0v) is 11.0. The fraction of sp³-hybridized carbons (Fsp3) is 0.0714. The summed E-state index contributed by atoms with van der Waals surface area (Å²) < 4.78 is 0. The van der Waals surface area contributed by atoms with Crippen molar-refractivity contribution in [3.8, 4) is 0 Å². The SMILES string of the molecule is Nc1ccc2c(C(=O)NCc3cccs3)c[nH]c2c1. The van der Waals surface area contributed by atoms with E-state index in [4.69, 9.17) is 5.73 Å². The van der Waals surface area contributed by atoms with Crippen LogP contribution < -0.4 is 11.1 Å². The van der Waals surface area contributed by atoms with Gasteiger partial charge in [0, 0.05) is 27.7 Å². The molecule has 0 radical (unpaired) electrons. The quantitative estimate of drug-likeness (QED) is 0.641. The molecule has 4 nitrogen and oxygen atoms in total. The van der Waals surface area contributed by atoms with Crippen molar-refractivity contribution in [3.63, 3.8) is 0 Å². The highest BCUT2D eigenvalue weighted by Crippen LogP contribution is 2.20. The van der Waals surface area contributed by atoms with Crippen LogP contribution in [0.3, 0.4) is 0 Å². The van der Waals surface area contributed by atoms with Gasteiger partial charge >= 0.3 is 0 Å². The van der Waals surface area contributed by atoms with E-state index in [9.17, 15) is 4.79 Å². The molecule has 0 atom stereocenters. The van der Waals surface area contributed by atoms with E-state index in [0.29, 0.717) is 17.8 Å². The number of carbonyl (C=O) groups is 1. The molecule has 2 heterocycles. The van der Waals surface area contributed by atoms with Crippen LogP contribution in [0.4, 0.5) is 5.69 Å². The molecule has 3 aromatic rings. The van der Waals surface area contributed by atoms with Crippen LogP contribution in [0.25, 0.3) is 10.9 Å². The summed E-state index contributed by atoms with van der Waals surface area (Å²) in [5, 5.41) is 5.80. The topological polar surface area (TPSA) is 70.9 Å². The Morgan fingerprint density at radius 1 is 1.37 bits per heavy atom. The van der Waals surface area contributed by atoms with Crippen LogP contribution in [0, 0.1) is 0 Å². The van der Waals surface area contributed by atoms with Crippen LogP contribution in [-0.2, 0) is 6.54 Å². The lowest BCUT2D eigenvalue weighted by atomic mass is 10.1. The standard InChI is InChI=1S/C14H13N3OS/c15-9-3-4-11-12(8-16-13(11)6-9)14(18)17-7-10-2-1-5-19-10/h1-6,8,16H,7,15H2,(H,17,18). The molecule has 3 rings (SSSR count). The maximum Gasteiger partial charge on any atom is 0.253 e. The molecule has 0 aliphatic heterocycles. The molecule has 19 heavy (non-hydrogen) atoms. The number of rotatable bonds is 3. The second-order valence-electron chi connectivity index (χ2n) is 4.27. The van der Waals surface area contributed by atoms with E-state index in [-0.39, 0.29) is 5.91 Å². The number of hydrogen-bond donors (Lipinski definition) is 3. The van der Waals surface area contributed by atoms with Crippen molar-refractivity contribution in [2.45, 2.75) is 6.54 Å². The van der Waals surface area contributed by atoms with E-state index >= 15 is 0 Å². The zero-order valence-electron chi connectivity index (χ0n) is 10.1. The number of aromatic amines is 1. The van der Waals surface area contributed by atoms with E-state index in [1.807, 2.05) is 29.6 Å². The normalized spacial score (nSPS) is 10.7. The molecule has 0 spiro atoms. The Bertz CT molecular complexity index is 715. The van der Waals surface area contributed by atoms with Crippen molar-refractivity contribution in [1.29, 1.82) is 0 Å². The van der Waals surface area contributed by atoms with Crippen LogP contribution in [-0.4, -0.2) is 10.9 Å². The van der Waals surface area contributed by atoms with Gasteiger partial charge in [0.05, 0.1) is 12.1 Å². The van der Waals surface area contributed by atoms with Crippen LogP contribution in [0.2, 0.25) is 0 Å². The smallest absolute Gasteiger partial charge is 0.253 e. The van der Waals surface area contributed by atoms with Gasteiger partial charge in [0.2, 0.25) is 0 Å². The Labute approximate surface area is 114 Å². The lowest BCUT2D eigenvalue weighted by Gasteiger charge is -2.02. The number of H-pyrrole nitrogens is 1. The summed E-state index contributed by atoms with van der Waals surface area (Å²) in [6.07, 6.45) is 1.72. The van der Waals surface area contributed by atoms with Crippen molar-refractivity contribution in [3.05, 3.63) is 52.3 Å². The fourth-order valence-corrected chi connectivity index (χ4v) is 2.65. The maximum atomic E-state index is 12.1. The van der Waals surface area contributed by atoms with Gasteiger partial charge in [-0.2, -0.15) is 0 Å². The summed E-state index contributed by atoms with van der Waals surface area (Å²) in [6, 6.07) is 9.46. The average Bonchev–Trinajstić information content (AvgIpc) is 3.04. The number of amides is 1. The molecule has 1 amide bonds. The van der Waals surface area contributed by atoms with E-state index in [2.05, 4.69) is 10.3 Å². The number of aromatic nitrogens is 1. The molecule has 96 valence electrons. The minimum absolute atomic E-state index is 0.0792. The summed E-state index contributed by atoms with van der Waals surface area (Å²) >= 11 is 1.63. The van der Waals surface area contributed by atoms with Gasteiger partial charge in [-0.05, 0) is 29.6 Å². The van der Waals surface area contributed by atoms with Gasteiger partial charge in [-0.25, -0.2) is 0 Å². The lowest BCUT2D eigenvalue weighted by molar-refractivity contribution is 0.0953. The Morgan fingerprint density at radius 3 is 3.05 bits per heavy atom. The van der Waals surface area contributed by atoms with Crippen molar-refractivity contribution in [2.24, 2.45) is 0 Å². The third kappa shape index (κ3) is 2.32. The minimum Gasteiger partial charge on any atom is -0.399 e. The van der Waals surface area contributed by atoms with E-state index in [0.717, 1.165) is 15.8 Å². The molecular formula is C14H13N3OS. The first-order valence-electron chi connectivity index (χ1n) is 5.91. The molecule has 0 saturated carbocycles. The van der Waals surface area contributed by atoms with Crippen molar-refractivity contribution >= 4 is 33.8 Å². The molecule has 5 heteroatoms. The number of hydrogen-bond acceptors (Lipinski definition) is 3. The Balaban J connectivity index is 1.81. The van der Waals surface area contributed by atoms with Gasteiger partial charge in [0.25, 0.3) is 5.91 Å². The van der Waals surface area contributed by atoms with E-state index in [1.54, 1.807) is 23.6 Å². The highest BCUT2D eigenvalue weighted by atomic mass is 32.1. The van der Waals surface area contributed by atoms with Gasteiger partial charge in [-0.1, -0.05) is 6.07 Å². The van der Waals surface area contributed by atoms with Gasteiger partial charge < -0.3 is 16.0 Å². The molecule has 0 saturated heterocycles. The predicted molar refractivity (Wildman–Crippen MR) is 78.2 cm³/mol. The predicted octanol–water partition coefficient (Wildman–Crippen LogP) is 2.74. The Morgan fingerprint density at radius 2 is 2.26 bits per heavy atom. The number of anilines is 1. The maximum absolute atomic E-state index is 12.1. The molecule has 0 aliphatic carbocycles. The third-order valence-electron chi connectivity index (χ3n) is 2.95. The lowest BCUT2D eigenvalue weighted by Crippen LogP contribution is -2.21.